The van der Waals surface area contributed by atoms with Crippen molar-refractivity contribution in [1.82, 2.24) is 9.55 Å². The lowest BCUT2D eigenvalue weighted by Crippen LogP contribution is -2.05. The van der Waals surface area contributed by atoms with Crippen molar-refractivity contribution in [2.24, 2.45) is 0 Å². The molecule has 0 unspecified atom stereocenters. The number of nitrogens with zero attached hydrogens (tertiary/aromatic N) is 1. The number of H-pyrrole nitrogens is 1. The summed E-state index contributed by atoms with van der Waals surface area (Å²) in [5.41, 5.74) is 2.48. The molecule has 0 radical (unpaired) electrons. The van der Waals surface area contributed by atoms with Crippen LogP contribution in [-0.2, 0) is 6.54 Å². The van der Waals surface area contributed by atoms with Crippen LogP contribution in [0.5, 0.6) is 5.75 Å². The number of aromatic amines is 1. The first-order valence-electron chi connectivity index (χ1n) is 7.59. The zero-order chi connectivity index (χ0) is 16.7. The van der Waals surface area contributed by atoms with Crippen LogP contribution in [0.15, 0.2) is 59.5 Å². The van der Waals surface area contributed by atoms with Gasteiger partial charge in [-0.2, -0.15) is 0 Å². The summed E-state index contributed by atoms with van der Waals surface area (Å²) >= 11 is 0. The third-order valence-corrected chi connectivity index (χ3v) is 4.25. The number of benzene rings is 2. The van der Waals surface area contributed by atoms with Crippen LogP contribution in [0.25, 0.3) is 21.8 Å². The van der Waals surface area contributed by atoms with Gasteiger partial charge in [0.1, 0.15) is 11.6 Å². The lowest BCUT2D eigenvalue weighted by atomic mass is 10.2. The molecular weight excluding hydrogens is 307 g/mol. The van der Waals surface area contributed by atoms with Gasteiger partial charge in [0.25, 0.3) is 5.56 Å². The molecule has 0 bridgehead atoms. The van der Waals surface area contributed by atoms with Crippen LogP contribution in [0.1, 0.15) is 5.56 Å². The number of nitrogens with one attached hydrogen (secondary N) is 1. The second kappa shape index (κ2) is 5.53. The van der Waals surface area contributed by atoms with E-state index < -0.39 is 0 Å². The highest BCUT2D eigenvalue weighted by Crippen LogP contribution is 2.28. The molecule has 4 nitrogen and oxygen atoms in total. The number of aromatic nitrogens is 2. The predicted molar refractivity (Wildman–Crippen MR) is 92.1 cm³/mol. The van der Waals surface area contributed by atoms with Gasteiger partial charge >= 0.3 is 0 Å². The number of ether oxygens (including phenoxy) is 1. The van der Waals surface area contributed by atoms with Crippen LogP contribution in [-0.4, -0.2) is 16.7 Å². The molecule has 0 saturated heterocycles. The number of fused-ring (bicyclic) bond motifs is 3. The Morgan fingerprint density at radius 1 is 1.08 bits per heavy atom. The van der Waals surface area contributed by atoms with Crippen molar-refractivity contribution in [2.75, 3.05) is 7.11 Å². The maximum Gasteiger partial charge on any atom is 0.258 e. The first kappa shape index (κ1) is 14.5. The third kappa shape index (κ3) is 2.25. The SMILES string of the molecule is COc1ccc(Cn2c3ccc(F)cc3c3c(=O)[nH]ccc32)cc1. The Kier molecular flexibility index (Phi) is 3.34. The molecule has 0 spiro atoms. The molecule has 4 rings (SSSR count). The Labute approximate surface area is 137 Å². The van der Waals surface area contributed by atoms with E-state index >= 15 is 0 Å². The van der Waals surface area contributed by atoms with Gasteiger partial charge in [0.15, 0.2) is 0 Å². The summed E-state index contributed by atoms with van der Waals surface area (Å²) in [6, 6.07) is 14.1. The maximum atomic E-state index is 13.7. The van der Waals surface area contributed by atoms with E-state index in [0.717, 1.165) is 22.3 Å². The number of hydrogen-bond acceptors (Lipinski definition) is 2. The molecule has 2 aromatic heterocycles. The summed E-state index contributed by atoms with van der Waals surface area (Å²) in [6.07, 6.45) is 1.62. The van der Waals surface area contributed by atoms with E-state index in [1.54, 1.807) is 19.4 Å². The highest BCUT2D eigenvalue weighted by Gasteiger charge is 2.14. The van der Waals surface area contributed by atoms with Crippen molar-refractivity contribution in [3.63, 3.8) is 0 Å². The molecule has 4 aromatic rings. The molecule has 0 aliphatic carbocycles. The van der Waals surface area contributed by atoms with Gasteiger partial charge < -0.3 is 14.3 Å². The normalized spacial score (nSPS) is 11.2. The summed E-state index contributed by atoms with van der Waals surface area (Å²) in [7, 11) is 1.63. The summed E-state index contributed by atoms with van der Waals surface area (Å²) in [5, 5.41) is 1.14. The molecule has 2 aromatic carbocycles. The number of hydrogen-bond donors (Lipinski definition) is 1. The van der Waals surface area contributed by atoms with Gasteiger partial charge in [-0.15, -0.1) is 0 Å². The van der Waals surface area contributed by atoms with Crippen LogP contribution >= 0.6 is 0 Å². The lowest BCUT2D eigenvalue weighted by molar-refractivity contribution is 0.414. The molecule has 0 saturated carbocycles. The van der Waals surface area contributed by atoms with Crippen LogP contribution in [0.2, 0.25) is 0 Å². The van der Waals surface area contributed by atoms with Crippen LogP contribution in [0, 0.1) is 5.82 Å². The van der Waals surface area contributed by atoms with Crippen LogP contribution in [0.4, 0.5) is 4.39 Å². The number of methoxy groups -OCH3 is 1. The van der Waals surface area contributed by atoms with E-state index in [-0.39, 0.29) is 11.4 Å². The minimum atomic E-state index is -0.353. The third-order valence-electron chi connectivity index (χ3n) is 4.25. The Bertz CT molecular complexity index is 1090. The van der Waals surface area contributed by atoms with Gasteiger partial charge in [-0.25, -0.2) is 4.39 Å². The molecule has 0 fully saturated rings. The molecule has 2 heterocycles. The second-order valence-corrected chi connectivity index (χ2v) is 5.66. The minimum Gasteiger partial charge on any atom is -0.497 e. The van der Waals surface area contributed by atoms with Crippen molar-refractivity contribution in [1.29, 1.82) is 0 Å². The van der Waals surface area contributed by atoms with Crippen molar-refractivity contribution in [3.05, 3.63) is 76.5 Å². The Balaban J connectivity index is 1.95. The molecule has 24 heavy (non-hydrogen) atoms. The van der Waals surface area contributed by atoms with Gasteiger partial charge in [0, 0.05) is 23.6 Å². The summed E-state index contributed by atoms with van der Waals surface area (Å²) in [5.74, 6) is 0.439. The van der Waals surface area contributed by atoms with Gasteiger partial charge in [-0.3, -0.25) is 4.79 Å². The topological polar surface area (TPSA) is 47.0 Å². The molecule has 0 aliphatic rings. The van der Waals surface area contributed by atoms with E-state index in [0.29, 0.717) is 17.3 Å². The van der Waals surface area contributed by atoms with Gasteiger partial charge in [0.2, 0.25) is 0 Å². The zero-order valence-electron chi connectivity index (χ0n) is 13.0. The summed E-state index contributed by atoms with van der Waals surface area (Å²) in [4.78, 5) is 14.9. The van der Waals surface area contributed by atoms with Gasteiger partial charge in [-0.05, 0) is 42.0 Å². The molecule has 120 valence electrons. The van der Waals surface area contributed by atoms with Gasteiger partial charge in [0.05, 0.1) is 18.0 Å². The van der Waals surface area contributed by atoms with E-state index in [1.807, 2.05) is 34.9 Å². The lowest BCUT2D eigenvalue weighted by Gasteiger charge is -2.08. The predicted octanol–water partition coefficient (Wildman–Crippen LogP) is 3.68. The molecule has 0 aliphatic heterocycles. The summed E-state index contributed by atoms with van der Waals surface area (Å²) < 4.78 is 20.9. The van der Waals surface area contributed by atoms with E-state index in [9.17, 15) is 9.18 Å². The number of rotatable bonds is 3. The van der Waals surface area contributed by atoms with Crippen molar-refractivity contribution in [2.45, 2.75) is 6.54 Å². The fourth-order valence-corrected chi connectivity index (χ4v) is 3.11. The second-order valence-electron chi connectivity index (χ2n) is 5.66. The fourth-order valence-electron chi connectivity index (χ4n) is 3.11. The highest BCUT2D eigenvalue weighted by atomic mass is 19.1. The van der Waals surface area contributed by atoms with E-state index in [2.05, 4.69) is 4.98 Å². The Morgan fingerprint density at radius 3 is 2.62 bits per heavy atom. The smallest absolute Gasteiger partial charge is 0.258 e. The molecule has 1 N–H and O–H groups in total. The standard InChI is InChI=1S/C19H15FN2O2/c1-24-14-5-2-12(3-6-14)11-22-16-7-4-13(20)10-15(16)18-17(22)8-9-21-19(18)23/h2-10H,11H2,1H3,(H,21,23). The maximum absolute atomic E-state index is 13.7. The van der Waals surface area contributed by atoms with Crippen molar-refractivity contribution < 1.29 is 9.13 Å². The molecular formula is C19H15FN2O2. The minimum absolute atomic E-state index is 0.211. The average molecular weight is 322 g/mol. The quantitative estimate of drug-likeness (QED) is 0.625. The number of pyridine rings is 1. The summed E-state index contributed by atoms with van der Waals surface area (Å²) in [6.45, 7) is 0.582. The molecule has 5 heteroatoms. The van der Waals surface area contributed by atoms with Crippen molar-refractivity contribution in [3.8, 4) is 5.75 Å². The Hall–Kier alpha value is -3.08. The molecule has 0 atom stereocenters. The highest BCUT2D eigenvalue weighted by molar-refractivity contribution is 6.07. The van der Waals surface area contributed by atoms with Gasteiger partial charge in [-0.1, -0.05) is 12.1 Å². The van der Waals surface area contributed by atoms with E-state index in [4.69, 9.17) is 4.74 Å². The fraction of sp³-hybridized carbons (Fsp3) is 0.105. The van der Waals surface area contributed by atoms with E-state index in [1.165, 1.54) is 12.1 Å². The zero-order valence-corrected chi connectivity index (χ0v) is 13.0. The van der Waals surface area contributed by atoms with Crippen molar-refractivity contribution >= 4 is 21.8 Å². The first-order chi connectivity index (χ1) is 11.7. The molecule has 0 amide bonds. The average Bonchev–Trinajstić information content (AvgIpc) is 2.90. The van der Waals surface area contributed by atoms with Crippen LogP contribution in [0.3, 0.4) is 0 Å². The largest absolute Gasteiger partial charge is 0.497 e. The van der Waals surface area contributed by atoms with Crippen LogP contribution < -0.4 is 10.3 Å². The Morgan fingerprint density at radius 2 is 1.88 bits per heavy atom. The number of halogens is 1. The first-order valence-corrected chi connectivity index (χ1v) is 7.59. The monoisotopic (exact) mass is 322 g/mol.